The molecular weight excluding hydrogens is 1000 g/mol. The molecule has 0 heterocycles. The molecule has 0 saturated carbocycles. The number of aliphatic hydroxyl groups is 1. The fourth-order valence-corrected chi connectivity index (χ4v) is 8.59. The van der Waals surface area contributed by atoms with Crippen molar-refractivity contribution in [3.05, 3.63) is 122 Å². The van der Waals surface area contributed by atoms with Crippen LogP contribution in [0.25, 0.3) is 0 Å². The van der Waals surface area contributed by atoms with E-state index in [9.17, 15) is 28.9 Å². The van der Waals surface area contributed by atoms with Gasteiger partial charge in [-0.1, -0.05) is 226 Å². The number of allylic oxidation sites excluding steroid dienone is 20. The van der Waals surface area contributed by atoms with Crippen molar-refractivity contribution in [3.8, 4) is 0 Å². The molecule has 444 valence electrons. The Bertz CT molecular complexity index is 1770. The second-order valence-electron chi connectivity index (χ2n) is 19.7. The highest BCUT2D eigenvalue weighted by Gasteiger charge is 2.28. The van der Waals surface area contributed by atoms with Gasteiger partial charge in [0.1, 0.15) is 12.7 Å². The first-order chi connectivity index (χ1) is 38.2. The average Bonchev–Trinajstić information content (AvgIpc) is 3.43. The Hall–Kier alpha value is -4.12. The van der Waals surface area contributed by atoms with Crippen LogP contribution in [0, 0.1) is 0 Å². The van der Waals surface area contributed by atoms with Gasteiger partial charge in [-0.25, -0.2) is 4.57 Å². The summed E-state index contributed by atoms with van der Waals surface area (Å²) in [7, 11) is -4.78. The van der Waals surface area contributed by atoms with Crippen LogP contribution in [0.15, 0.2) is 122 Å². The molecule has 3 unspecified atom stereocenters. The summed E-state index contributed by atoms with van der Waals surface area (Å²) in [4.78, 5) is 48.6. The van der Waals surface area contributed by atoms with E-state index in [0.29, 0.717) is 19.3 Å². The standard InChI is InChI=1S/C66H109O11P/c1-4-7-10-13-16-19-22-25-27-29-31-33-35-38-40-43-46-49-52-55-64(68)73-59-63(77-66(70)57-54-51-48-45-42-39-36-34-32-30-28-26-23-20-17-14-11-8-5-2)61-75-78(71,72)74-60-62(58-67)76-65(69)56-53-50-47-44-41-37-24-21-18-15-12-9-6-3/h7,9-10,12,16,18-19,21,25-28,31,33,37-38,40-41,47,50,62-63,67H,4-6,8,11,13-15,17,20,22-24,29-30,32,34-36,39,42-46,48-49,51-61H2,1-3H3,(H,71,72)/b10-7-,12-9-,19-16-,21-18-,27-25-,28-26-,33-31-,40-38-,41-37-,50-47-. The van der Waals surface area contributed by atoms with E-state index in [0.717, 1.165) is 96.3 Å². The molecule has 0 aliphatic heterocycles. The zero-order valence-electron chi connectivity index (χ0n) is 49.1. The molecule has 0 aromatic heterocycles. The van der Waals surface area contributed by atoms with Gasteiger partial charge in [0.25, 0.3) is 0 Å². The van der Waals surface area contributed by atoms with E-state index in [-0.39, 0.29) is 25.9 Å². The summed E-state index contributed by atoms with van der Waals surface area (Å²) in [6.07, 6.45) is 73.2. The molecule has 0 saturated heterocycles. The molecular formula is C66H109O11P. The molecule has 78 heavy (non-hydrogen) atoms. The molecule has 12 heteroatoms. The van der Waals surface area contributed by atoms with Crippen LogP contribution in [0.3, 0.4) is 0 Å². The quantitative estimate of drug-likeness (QED) is 0.0197. The molecule has 11 nitrogen and oxygen atoms in total. The van der Waals surface area contributed by atoms with Crippen LogP contribution in [0.4, 0.5) is 0 Å². The number of unbranched alkanes of at least 4 members (excludes halogenated alkanes) is 18. The number of phosphoric ester groups is 1. The first kappa shape index (κ1) is 73.9. The maximum atomic E-state index is 12.9. The van der Waals surface area contributed by atoms with E-state index < -0.39 is 57.8 Å². The Morgan fingerprint density at radius 1 is 0.372 bits per heavy atom. The van der Waals surface area contributed by atoms with Crippen molar-refractivity contribution in [2.24, 2.45) is 0 Å². The van der Waals surface area contributed by atoms with Gasteiger partial charge in [-0.05, 0) is 116 Å². The van der Waals surface area contributed by atoms with Crippen molar-refractivity contribution in [1.82, 2.24) is 0 Å². The fraction of sp³-hybridized carbons (Fsp3) is 0.652. The zero-order valence-corrected chi connectivity index (χ0v) is 50.0. The number of rotatable bonds is 55. The van der Waals surface area contributed by atoms with Gasteiger partial charge >= 0.3 is 25.7 Å². The average molecular weight is 1110 g/mol. The van der Waals surface area contributed by atoms with Crippen LogP contribution in [-0.2, 0) is 42.2 Å². The molecule has 0 aliphatic carbocycles. The Kier molecular flexibility index (Phi) is 55.9. The predicted octanol–water partition coefficient (Wildman–Crippen LogP) is 18.4. The van der Waals surface area contributed by atoms with Crippen LogP contribution in [0.1, 0.15) is 239 Å². The number of carbonyl (C=O) groups is 3. The van der Waals surface area contributed by atoms with Gasteiger partial charge in [-0.2, -0.15) is 0 Å². The van der Waals surface area contributed by atoms with Crippen LogP contribution in [0.5, 0.6) is 0 Å². The summed E-state index contributed by atoms with van der Waals surface area (Å²) >= 11 is 0. The minimum atomic E-state index is -4.78. The second kappa shape index (κ2) is 59.0. The summed E-state index contributed by atoms with van der Waals surface area (Å²) < 4.78 is 39.5. The zero-order chi connectivity index (χ0) is 56.9. The van der Waals surface area contributed by atoms with Crippen molar-refractivity contribution in [3.63, 3.8) is 0 Å². The number of ether oxygens (including phenoxy) is 3. The van der Waals surface area contributed by atoms with E-state index in [1.54, 1.807) is 0 Å². The minimum absolute atomic E-state index is 0.0484. The lowest BCUT2D eigenvalue weighted by Gasteiger charge is -2.21. The highest BCUT2D eigenvalue weighted by molar-refractivity contribution is 7.47. The third-order valence-electron chi connectivity index (χ3n) is 12.4. The van der Waals surface area contributed by atoms with E-state index in [4.69, 9.17) is 23.3 Å². The van der Waals surface area contributed by atoms with Crippen molar-refractivity contribution in [2.45, 2.75) is 251 Å². The third-order valence-corrected chi connectivity index (χ3v) is 13.3. The van der Waals surface area contributed by atoms with Gasteiger partial charge in [0.15, 0.2) is 6.10 Å². The highest BCUT2D eigenvalue weighted by Crippen LogP contribution is 2.43. The minimum Gasteiger partial charge on any atom is -0.462 e. The van der Waals surface area contributed by atoms with E-state index in [1.807, 2.05) is 12.2 Å². The molecule has 0 rings (SSSR count). The Morgan fingerprint density at radius 3 is 1.13 bits per heavy atom. The second-order valence-corrected chi connectivity index (χ2v) is 21.2. The van der Waals surface area contributed by atoms with Crippen molar-refractivity contribution in [1.29, 1.82) is 0 Å². The van der Waals surface area contributed by atoms with Crippen molar-refractivity contribution in [2.75, 3.05) is 26.4 Å². The molecule has 0 radical (unpaired) electrons. The van der Waals surface area contributed by atoms with Gasteiger partial charge in [0.2, 0.25) is 0 Å². The van der Waals surface area contributed by atoms with Gasteiger partial charge in [0.05, 0.1) is 19.8 Å². The van der Waals surface area contributed by atoms with Crippen LogP contribution >= 0.6 is 7.82 Å². The topological polar surface area (TPSA) is 155 Å². The molecule has 0 aromatic carbocycles. The van der Waals surface area contributed by atoms with E-state index >= 15 is 0 Å². The highest BCUT2D eigenvalue weighted by atomic mass is 31.2. The molecule has 0 aromatic rings. The SMILES string of the molecule is CC/C=C\C/C=C\C/C=C\C/C=C\C/C=C\CCCCCC(=O)OCC(COP(=O)(O)OCC(CO)OC(=O)CC/C=C\C/C=C\C/C=C\C/C=C\CC)OC(=O)CCCCCCCCCCC/C=C\CCCCCCCC. The molecule has 0 aliphatic rings. The molecule has 0 amide bonds. The van der Waals surface area contributed by atoms with Crippen molar-refractivity contribution >= 4 is 25.7 Å². The van der Waals surface area contributed by atoms with E-state index in [1.165, 1.54) is 83.5 Å². The van der Waals surface area contributed by atoms with Gasteiger partial charge in [0, 0.05) is 19.3 Å². The van der Waals surface area contributed by atoms with Gasteiger partial charge < -0.3 is 24.2 Å². The number of phosphoric acid groups is 1. The number of aliphatic hydroxyl groups excluding tert-OH is 1. The summed E-state index contributed by atoms with van der Waals surface area (Å²) in [5.41, 5.74) is 0. The maximum Gasteiger partial charge on any atom is 0.472 e. The normalized spacial score (nSPS) is 14.2. The van der Waals surface area contributed by atoms with Crippen LogP contribution < -0.4 is 0 Å². The van der Waals surface area contributed by atoms with Gasteiger partial charge in [-0.3, -0.25) is 23.4 Å². The molecule has 0 spiro atoms. The summed E-state index contributed by atoms with van der Waals surface area (Å²) in [5.74, 6) is -1.60. The Labute approximate surface area is 475 Å². The first-order valence-corrected chi connectivity index (χ1v) is 31.9. The molecule has 0 fully saturated rings. The van der Waals surface area contributed by atoms with Crippen LogP contribution in [0.2, 0.25) is 0 Å². The maximum absolute atomic E-state index is 12.9. The molecule has 3 atom stereocenters. The fourth-order valence-electron chi connectivity index (χ4n) is 7.80. The Balaban J connectivity index is 4.84. The number of hydrogen-bond donors (Lipinski definition) is 2. The van der Waals surface area contributed by atoms with Crippen LogP contribution in [-0.4, -0.2) is 66.5 Å². The summed E-state index contributed by atoms with van der Waals surface area (Å²) in [6, 6.07) is 0. The number of esters is 3. The number of carbonyl (C=O) groups excluding carboxylic acids is 3. The summed E-state index contributed by atoms with van der Waals surface area (Å²) in [6.45, 7) is 4.29. The number of hydrogen-bond acceptors (Lipinski definition) is 10. The van der Waals surface area contributed by atoms with Crippen molar-refractivity contribution < 1.29 is 52.2 Å². The smallest absolute Gasteiger partial charge is 0.462 e. The lowest BCUT2D eigenvalue weighted by atomic mass is 10.1. The van der Waals surface area contributed by atoms with Gasteiger partial charge in [-0.15, -0.1) is 0 Å². The van der Waals surface area contributed by atoms with E-state index in [2.05, 4.69) is 130 Å². The largest absolute Gasteiger partial charge is 0.472 e. The lowest BCUT2D eigenvalue weighted by molar-refractivity contribution is -0.161. The first-order valence-electron chi connectivity index (χ1n) is 30.4. The predicted molar refractivity (Wildman–Crippen MR) is 325 cm³/mol. The molecule has 0 bridgehead atoms. The third kappa shape index (κ3) is 56.6. The summed E-state index contributed by atoms with van der Waals surface area (Å²) in [5, 5.41) is 9.80. The lowest BCUT2D eigenvalue weighted by Crippen LogP contribution is -2.30. The monoisotopic (exact) mass is 1110 g/mol. The Morgan fingerprint density at radius 2 is 0.692 bits per heavy atom. The molecule has 2 N–H and O–H groups in total.